The van der Waals surface area contributed by atoms with Crippen molar-refractivity contribution in [3.63, 3.8) is 0 Å². The summed E-state index contributed by atoms with van der Waals surface area (Å²) in [5.74, 6) is 0. The average Bonchev–Trinajstić information content (AvgIpc) is 2.56. The predicted octanol–water partition coefficient (Wildman–Crippen LogP) is 1.47. The molecule has 0 bridgehead atoms. The first-order valence-corrected chi connectivity index (χ1v) is 6.45. The normalized spacial score (nSPS) is 13.2. The number of hydrogen-bond acceptors (Lipinski definition) is 4. The Balaban J connectivity index is 2.40. The molecule has 7 heteroatoms. The van der Waals surface area contributed by atoms with Crippen LogP contribution >= 0.6 is 11.6 Å². The first-order chi connectivity index (χ1) is 8.69. The number of alkyl carbamates (subject to hydrolysis) is 1. The molecule has 108 valence electrons. The van der Waals surface area contributed by atoms with E-state index in [4.69, 9.17) is 22.1 Å². The average molecular weight is 289 g/mol. The van der Waals surface area contributed by atoms with Gasteiger partial charge in [0, 0.05) is 26.1 Å². The number of halogens is 1. The van der Waals surface area contributed by atoms with Gasteiger partial charge in [0.15, 0.2) is 0 Å². The molecule has 6 nitrogen and oxygen atoms in total. The third-order valence-corrected chi connectivity index (χ3v) is 2.69. The van der Waals surface area contributed by atoms with Crippen LogP contribution in [-0.2, 0) is 18.2 Å². The van der Waals surface area contributed by atoms with Crippen LogP contribution in [0, 0.1) is 0 Å². The fourth-order valence-corrected chi connectivity index (χ4v) is 1.76. The molecule has 1 unspecified atom stereocenters. The molecule has 1 heterocycles. The SMILES string of the molecule is Cn1cnc(Cl)c1CC(N)CNC(=O)OC(C)(C)C. The number of nitrogens with one attached hydrogen (secondary N) is 1. The van der Waals surface area contributed by atoms with E-state index < -0.39 is 11.7 Å². The van der Waals surface area contributed by atoms with E-state index in [0.29, 0.717) is 18.1 Å². The minimum atomic E-state index is -0.514. The van der Waals surface area contributed by atoms with Gasteiger partial charge in [-0.15, -0.1) is 0 Å². The highest BCUT2D eigenvalue weighted by Crippen LogP contribution is 2.13. The number of imidazole rings is 1. The van der Waals surface area contributed by atoms with Gasteiger partial charge in [0.2, 0.25) is 0 Å². The Morgan fingerprint density at radius 3 is 2.74 bits per heavy atom. The van der Waals surface area contributed by atoms with Gasteiger partial charge in [0.1, 0.15) is 10.8 Å². The van der Waals surface area contributed by atoms with E-state index >= 15 is 0 Å². The van der Waals surface area contributed by atoms with E-state index in [1.54, 1.807) is 6.33 Å². The zero-order valence-electron chi connectivity index (χ0n) is 11.7. The molecule has 0 saturated heterocycles. The molecule has 3 N–H and O–H groups in total. The second-order valence-electron chi connectivity index (χ2n) is 5.44. The van der Waals surface area contributed by atoms with Crippen LogP contribution in [0.1, 0.15) is 26.5 Å². The van der Waals surface area contributed by atoms with Crippen molar-refractivity contribution in [2.75, 3.05) is 6.54 Å². The van der Waals surface area contributed by atoms with Crippen LogP contribution in [0.3, 0.4) is 0 Å². The van der Waals surface area contributed by atoms with Crippen molar-refractivity contribution in [2.45, 2.75) is 38.8 Å². The molecule has 0 saturated carbocycles. The van der Waals surface area contributed by atoms with Gasteiger partial charge in [-0.2, -0.15) is 0 Å². The highest BCUT2D eigenvalue weighted by atomic mass is 35.5. The number of ether oxygens (including phenoxy) is 1. The first kappa shape index (κ1) is 15.8. The van der Waals surface area contributed by atoms with E-state index in [1.807, 2.05) is 32.4 Å². The van der Waals surface area contributed by atoms with E-state index in [1.165, 1.54) is 0 Å². The maximum absolute atomic E-state index is 11.5. The molecule has 0 spiro atoms. The number of nitrogens with two attached hydrogens (primary N) is 1. The van der Waals surface area contributed by atoms with Crippen LogP contribution in [0.2, 0.25) is 5.15 Å². The molecule has 1 aromatic rings. The van der Waals surface area contributed by atoms with Crippen LogP contribution in [0.5, 0.6) is 0 Å². The minimum Gasteiger partial charge on any atom is -0.444 e. The quantitative estimate of drug-likeness (QED) is 0.879. The summed E-state index contributed by atoms with van der Waals surface area (Å²) >= 11 is 5.94. The van der Waals surface area contributed by atoms with Crippen LogP contribution in [0.4, 0.5) is 4.79 Å². The molecular weight excluding hydrogens is 268 g/mol. The number of aromatic nitrogens is 2. The van der Waals surface area contributed by atoms with Crippen molar-refractivity contribution < 1.29 is 9.53 Å². The Labute approximate surface area is 118 Å². The maximum atomic E-state index is 11.5. The second kappa shape index (κ2) is 6.25. The van der Waals surface area contributed by atoms with Gasteiger partial charge in [-0.1, -0.05) is 11.6 Å². The number of nitrogens with zero attached hydrogens (tertiary/aromatic N) is 2. The molecule has 0 aromatic carbocycles. The number of carbonyl (C=O) groups excluding carboxylic acids is 1. The summed E-state index contributed by atoms with van der Waals surface area (Å²) in [6.45, 7) is 5.74. The summed E-state index contributed by atoms with van der Waals surface area (Å²) in [6.07, 6.45) is 1.69. The van der Waals surface area contributed by atoms with Gasteiger partial charge in [-0.05, 0) is 20.8 Å². The van der Waals surface area contributed by atoms with Gasteiger partial charge in [-0.25, -0.2) is 9.78 Å². The predicted molar refractivity (Wildman–Crippen MR) is 74.1 cm³/mol. The summed E-state index contributed by atoms with van der Waals surface area (Å²) in [5.41, 5.74) is 6.28. The highest BCUT2D eigenvalue weighted by molar-refractivity contribution is 6.30. The van der Waals surface area contributed by atoms with Gasteiger partial charge < -0.3 is 20.4 Å². The first-order valence-electron chi connectivity index (χ1n) is 6.07. The van der Waals surface area contributed by atoms with Gasteiger partial charge in [0.25, 0.3) is 0 Å². The van der Waals surface area contributed by atoms with Crippen LogP contribution in [0.25, 0.3) is 0 Å². The lowest BCUT2D eigenvalue weighted by atomic mass is 10.2. The zero-order valence-corrected chi connectivity index (χ0v) is 12.5. The van der Waals surface area contributed by atoms with E-state index in [2.05, 4.69) is 10.3 Å². The van der Waals surface area contributed by atoms with Crippen LogP contribution in [0.15, 0.2) is 6.33 Å². The molecule has 0 aliphatic carbocycles. The van der Waals surface area contributed by atoms with Gasteiger partial charge in [-0.3, -0.25) is 0 Å². The molecule has 1 rings (SSSR count). The molecule has 0 aliphatic rings. The van der Waals surface area contributed by atoms with E-state index in [9.17, 15) is 4.79 Å². The lowest BCUT2D eigenvalue weighted by molar-refractivity contribution is 0.0524. The lowest BCUT2D eigenvalue weighted by Crippen LogP contribution is -2.41. The summed E-state index contributed by atoms with van der Waals surface area (Å²) in [5, 5.41) is 3.07. The molecule has 0 aliphatic heterocycles. The number of carbonyl (C=O) groups is 1. The van der Waals surface area contributed by atoms with Crippen molar-refractivity contribution >= 4 is 17.7 Å². The Morgan fingerprint density at radius 2 is 2.26 bits per heavy atom. The zero-order chi connectivity index (χ0) is 14.6. The van der Waals surface area contributed by atoms with E-state index in [-0.39, 0.29) is 6.04 Å². The van der Waals surface area contributed by atoms with Gasteiger partial charge >= 0.3 is 6.09 Å². The molecule has 0 fully saturated rings. The number of aryl methyl sites for hydroxylation is 1. The van der Waals surface area contributed by atoms with Crippen molar-refractivity contribution in [2.24, 2.45) is 12.8 Å². The smallest absolute Gasteiger partial charge is 0.407 e. The van der Waals surface area contributed by atoms with Gasteiger partial charge in [0.05, 0.1) is 12.0 Å². The summed E-state index contributed by atoms with van der Waals surface area (Å²) in [6, 6.07) is -0.250. The Kier molecular flexibility index (Phi) is 5.20. The Hall–Kier alpha value is -1.27. The van der Waals surface area contributed by atoms with Crippen molar-refractivity contribution in [1.82, 2.24) is 14.9 Å². The van der Waals surface area contributed by atoms with Crippen molar-refractivity contribution in [3.05, 3.63) is 17.2 Å². The van der Waals surface area contributed by atoms with E-state index in [0.717, 1.165) is 5.69 Å². The lowest BCUT2D eigenvalue weighted by Gasteiger charge is -2.20. The third kappa shape index (κ3) is 5.48. The van der Waals surface area contributed by atoms with Crippen molar-refractivity contribution in [3.8, 4) is 0 Å². The third-order valence-electron chi connectivity index (χ3n) is 2.37. The second-order valence-corrected chi connectivity index (χ2v) is 5.80. The molecule has 1 atom stereocenters. The Bertz CT molecular complexity index is 420. The summed E-state index contributed by atoms with van der Waals surface area (Å²) < 4.78 is 6.94. The summed E-state index contributed by atoms with van der Waals surface area (Å²) in [7, 11) is 1.85. The molecule has 1 aromatic heterocycles. The number of hydrogen-bond donors (Lipinski definition) is 2. The highest BCUT2D eigenvalue weighted by Gasteiger charge is 2.17. The molecule has 1 amide bonds. The van der Waals surface area contributed by atoms with Crippen LogP contribution < -0.4 is 11.1 Å². The summed E-state index contributed by atoms with van der Waals surface area (Å²) in [4.78, 5) is 15.4. The van der Waals surface area contributed by atoms with Crippen LogP contribution in [-0.4, -0.2) is 33.8 Å². The monoisotopic (exact) mass is 288 g/mol. The van der Waals surface area contributed by atoms with Crippen molar-refractivity contribution in [1.29, 1.82) is 0 Å². The topological polar surface area (TPSA) is 82.2 Å². The fourth-order valence-electron chi connectivity index (χ4n) is 1.50. The standard InChI is InChI=1S/C12H21ClN4O2/c1-12(2,3)19-11(18)15-6-8(14)5-9-10(13)16-7-17(9)4/h7-8H,5-6,14H2,1-4H3,(H,15,18). The fraction of sp³-hybridized carbons (Fsp3) is 0.667. The number of rotatable bonds is 4. The number of amides is 1. The maximum Gasteiger partial charge on any atom is 0.407 e. The largest absolute Gasteiger partial charge is 0.444 e. The molecule has 0 radical (unpaired) electrons. The molecular formula is C12H21ClN4O2. The Morgan fingerprint density at radius 1 is 1.63 bits per heavy atom. The molecule has 19 heavy (non-hydrogen) atoms. The minimum absolute atomic E-state index is 0.250.